The van der Waals surface area contributed by atoms with E-state index in [1.54, 1.807) is 18.2 Å². The molecule has 10 heteroatoms. The molecule has 0 spiro atoms. The molecule has 2 fully saturated rings. The Labute approximate surface area is 211 Å². The molecule has 0 unspecified atom stereocenters. The number of amides is 2. The average molecular weight is 520 g/mol. The SMILES string of the molecule is COc1ccc(Cl)cc1S(=O)(=O)N1CCC(C(=O)Nc2ccc(CC(=O)N3CCCC3)cc2)CC1. The molecule has 0 atom stereocenters. The maximum Gasteiger partial charge on any atom is 0.246 e. The van der Waals surface area contributed by atoms with Crippen molar-refractivity contribution in [1.29, 1.82) is 0 Å². The van der Waals surface area contributed by atoms with Crippen LogP contribution in [0.1, 0.15) is 31.2 Å². The normalized spacial score (nSPS) is 17.4. The Hall–Kier alpha value is -2.62. The minimum Gasteiger partial charge on any atom is -0.495 e. The molecule has 0 radical (unpaired) electrons. The van der Waals surface area contributed by atoms with Gasteiger partial charge < -0.3 is 15.0 Å². The van der Waals surface area contributed by atoms with E-state index >= 15 is 0 Å². The predicted octanol–water partition coefficient (Wildman–Crippen LogP) is 3.55. The second-order valence-corrected chi connectivity index (χ2v) is 11.3. The molecule has 2 aromatic carbocycles. The summed E-state index contributed by atoms with van der Waals surface area (Å²) < 4.78 is 32.9. The monoisotopic (exact) mass is 519 g/mol. The van der Waals surface area contributed by atoms with Crippen LogP contribution < -0.4 is 10.1 Å². The summed E-state index contributed by atoms with van der Waals surface area (Å²) in [5.41, 5.74) is 1.57. The van der Waals surface area contributed by atoms with E-state index in [-0.39, 0.29) is 41.5 Å². The van der Waals surface area contributed by atoms with Crippen molar-refractivity contribution in [3.63, 3.8) is 0 Å². The van der Waals surface area contributed by atoms with Gasteiger partial charge in [0.05, 0.1) is 13.5 Å². The number of nitrogens with zero attached hydrogens (tertiary/aromatic N) is 2. The molecular formula is C25H30ClN3O5S. The zero-order valence-corrected chi connectivity index (χ0v) is 21.3. The zero-order chi connectivity index (χ0) is 25.0. The van der Waals surface area contributed by atoms with Crippen LogP contribution in [-0.2, 0) is 26.0 Å². The number of piperidine rings is 1. The maximum atomic E-state index is 13.1. The van der Waals surface area contributed by atoms with Crippen LogP contribution in [0, 0.1) is 5.92 Å². The number of ether oxygens (including phenoxy) is 1. The van der Waals surface area contributed by atoms with Gasteiger partial charge in [0.2, 0.25) is 21.8 Å². The second kappa shape index (κ2) is 11.0. The van der Waals surface area contributed by atoms with Gasteiger partial charge in [-0.1, -0.05) is 23.7 Å². The van der Waals surface area contributed by atoms with Crippen molar-refractivity contribution in [2.75, 3.05) is 38.6 Å². The van der Waals surface area contributed by atoms with Crippen molar-refractivity contribution in [1.82, 2.24) is 9.21 Å². The topological polar surface area (TPSA) is 96.0 Å². The molecule has 2 aromatic rings. The van der Waals surface area contributed by atoms with Crippen LogP contribution in [0.5, 0.6) is 5.75 Å². The minimum absolute atomic E-state index is 0.0266. The minimum atomic E-state index is -3.80. The van der Waals surface area contributed by atoms with Crippen molar-refractivity contribution in [3.05, 3.63) is 53.1 Å². The molecule has 4 rings (SSSR count). The highest BCUT2D eigenvalue weighted by Gasteiger charge is 2.34. The van der Waals surface area contributed by atoms with Gasteiger partial charge in [-0.2, -0.15) is 4.31 Å². The number of rotatable bonds is 7. The zero-order valence-electron chi connectivity index (χ0n) is 19.7. The first-order valence-corrected chi connectivity index (χ1v) is 13.6. The van der Waals surface area contributed by atoms with E-state index in [1.165, 1.54) is 23.5 Å². The van der Waals surface area contributed by atoms with Crippen molar-refractivity contribution < 1.29 is 22.7 Å². The van der Waals surface area contributed by atoms with E-state index in [2.05, 4.69) is 5.32 Å². The molecule has 2 saturated heterocycles. The Morgan fingerprint density at radius 2 is 1.69 bits per heavy atom. The van der Waals surface area contributed by atoms with Crippen LogP contribution in [0.15, 0.2) is 47.4 Å². The molecule has 0 bridgehead atoms. The predicted molar refractivity (Wildman–Crippen MR) is 134 cm³/mol. The molecule has 1 N–H and O–H groups in total. The van der Waals surface area contributed by atoms with Crippen LogP contribution in [0.2, 0.25) is 5.02 Å². The van der Waals surface area contributed by atoms with E-state index < -0.39 is 10.0 Å². The van der Waals surface area contributed by atoms with Crippen molar-refractivity contribution in [2.45, 2.75) is 37.0 Å². The number of benzene rings is 2. The van der Waals surface area contributed by atoms with Crippen molar-refractivity contribution in [3.8, 4) is 5.75 Å². The summed E-state index contributed by atoms with van der Waals surface area (Å²) in [6.45, 7) is 2.13. The molecule has 188 valence electrons. The first-order chi connectivity index (χ1) is 16.8. The number of nitrogens with one attached hydrogen (secondary N) is 1. The number of hydrogen-bond donors (Lipinski definition) is 1. The first kappa shape index (κ1) is 25.5. The number of anilines is 1. The standard InChI is InChI=1S/C25H30ClN3O5S/c1-34-22-9-6-20(26)17-23(22)35(32,33)29-14-10-19(11-15-29)25(31)27-21-7-4-18(5-8-21)16-24(30)28-12-2-3-13-28/h4-9,17,19H,2-3,10-16H2,1H3,(H,27,31). The Balaban J connectivity index is 1.31. The van der Waals surface area contributed by atoms with Gasteiger partial charge in [-0.3, -0.25) is 9.59 Å². The summed E-state index contributed by atoms with van der Waals surface area (Å²) in [7, 11) is -2.38. The van der Waals surface area contributed by atoms with Gasteiger partial charge in [-0.05, 0) is 61.6 Å². The van der Waals surface area contributed by atoms with E-state index in [1.807, 2.05) is 17.0 Å². The van der Waals surface area contributed by atoms with E-state index in [4.69, 9.17) is 16.3 Å². The summed E-state index contributed by atoms with van der Waals surface area (Å²) in [5.74, 6) is -0.0568. The van der Waals surface area contributed by atoms with Gasteiger partial charge in [0.1, 0.15) is 10.6 Å². The van der Waals surface area contributed by atoms with Gasteiger partial charge in [0.15, 0.2) is 0 Å². The highest BCUT2D eigenvalue weighted by atomic mass is 35.5. The maximum absolute atomic E-state index is 13.1. The third-order valence-corrected chi connectivity index (χ3v) is 8.76. The van der Waals surface area contributed by atoms with Gasteiger partial charge in [0.25, 0.3) is 0 Å². The number of hydrogen-bond acceptors (Lipinski definition) is 5. The van der Waals surface area contributed by atoms with E-state index in [0.717, 1.165) is 31.5 Å². The van der Waals surface area contributed by atoms with Gasteiger partial charge in [-0.25, -0.2) is 8.42 Å². The largest absolute Gasteiger partial charge is 0.495 e. The first-order valence-electron chi connectivity index (χ1n) is 11.8. The van der Waals surface area contributed by atoms with Gasteiger partial charge in [0, 0.05) is 42.8 Å². The van der Waals surface area contributed by atoms with Gasteiger partial charge in [-0.15, -0.1) is 0 Å². The number of sulfonamides is 1. The quantitative estimate of drug-likeness (QED) is 0.603. The van der Waals surface area contributed by atoms with Crippen LogP contribution in [-0.4, -0.2) is 62.7 Å². The average Bonchev–Trinajstić information content (AvgIpc) is 3.40. The lowest BCUT2D eigenvalue weighted by molar-refractivity contribution is -0.129. The van der Waals surface area contributed by atoms with Crippen LogP contribution >= 0.6 is 11.6 Å². The lowest BCUT2D eigenvalue weighted by Gasteiger charge is -2.31. The fourth-order valence-electron chi connectivity index (χ4n) is 4.55. The summed E-state index contributed by atoms with van der Waals surface area (Å²) in [4.78, 5) is 27.0. The number of carbonyl (C=O) groups excluding carboxylic acids is 2. The number of halogens is 1. The lowest BCUT2D eigenvalue weighted by atomic mass is 9.97. The van der Waals surface area contributed by atoms with Crippen molar-refractivity contribution in [2.24, 2.45) is 5.92 Å². The summed E-state index contributed by atoms with van der Waals surface area (Å²) >= 11 is 6.01. The second-order valence-electron chi connectivity index (χ2n) is 8.92. The van der Waals surface area contributed by atoms with Crippen LogP contribution in [0.3, 0.4) is 0 Å². The summed E-state index contributed by atoms with van der Waals surface area (Å²) in [6, 6.07) is 11.8. The Kier molecular flexibility index (Phi) is 7.98. The van der Waals surface area contributed by atoms with E-state index in [0.29, 0.717) is 30.0 Å². The molecule has 0 aromatic heterocycles. The molecule has 2 aliphatic heterocycles. The van der Waals surface area contributed by atoms with E-state index in [9.17, 15) is 18.0 Å². The van der Waals surface area contributed by atoms with Gasteiger partial charge >= 0.3 is 0 Å². The molecule has 2 aliphatic rings. The molecule has 2 heterocycles. The Morgan fingerprint density at radius 1 is 1.03 bits per heavy atom. The lowest BCUT2D eigenvalue weighted by Crippen LogP contribution is -2.41. The number of carbonyl (C=O) groups is 2. The summed E-state index contributed by atoms with van der Waals surface area (Å²) in [6.07, 6.45) is 3.32. The highest BCUT2D eigenvalue weighted by molar-refractivity contribution is 7.89. The van der Waals surface area contributed by atoms with Crippen LogP contribution in [0.25, 0.3) is 0 Å². The number of methoxy groups -OCH3 is 1. The number of likely N-dealkylation sites (tertiary alicyclic amines) is 1. The van der Waals surface area contributed by atoms with Crippen LogP contribution in [0.4, 0.5) is 5.69 Å². The fraction of sp³-hybridized carbons (Fsp3) is 0.440. The third kappa shape index (κ3) is 5.97. The Morgan fingerprint density at radius 3 is 2.31 bits per heavy atom. The molecule has 0 saturated carbocycles. The molecular weight excluding hydrogens is 490 g/mol. The smallest absolute Gasteiger partial charge is 0.246 e. The molecule has 0 aliphatic carbocycles. The highest BCUT2D eigenvalue weighted by Crippen LogP contribution is 2.32. The summed E-state index contributed by atoms with van der Waals surface area (Å²) in [5, 5.41) is 3.23. The molecule has 8 nitrogen and oxygen atoms in total. The third-order valence-electron chi connectivity index (χ3n) is 6.60. The molecule has 2 amide bonds. The fourth-order valence-corrected chi connectivity index (χ4v) is 6.44. The van der Waals surface area contributed by atoms with Crippen molar-refractivity contribution >= 4 is 39.1 Å². The molecule has 35 heavy (non-hydrogen) atoms. The Bertz CT molecular complexity index is 1170.